The molecule has 3 fully saturated rings. The van der Waals surface area contributed by atoms with Crippen LogP contribution in [0, 0.1) is 0 Å². The summed E-state index contributed by atoms with van der Waals surface area (Å²) in [6, 6.07) is 9.21. The number of ether oxygens (including phenoxy) is 3. The summed E-state index contributed by atoms with van der Waals surface area (Å²) in [6.45, 7) is 22.6. The summed E-state index contributed by atoms with van der Waals surface area (Å²) in [5, 5.41) is 14.0. The Morgan fingerprint density at radius 3 is 1.30 bits per heavy atom. The van der Waals surface area contributed by atoms with Crippen LogP contribution < -0.4 is 59.5 Å². The molecule has 3 heterocycles. The minimum Gasteiger partial charge on any atom is -0.445 e. The zero-order chi connectivity index (χ0) is 60.4. The van der Waals surface area contributed by atoms with Crippen LogP contribution in [0.1, 0.15) is 145 Å². The molecule has 27 heteroatoms. The molecule has 0 aliphatic carbocycles. The monoisotopic (exact) mass is 1170 g/mol. The number of nitrogens with one attached hydrogen (secondary N) is 11. The second kappa shape index (κ2) is 43.6. The second-order valence-corrected chi connectivity index (χ2v) is 21.9. The Balaban J connectivity index is 0.000000421. The molecule has 6 amide bonds. The van der Waals surface area contributed by atoms with E-state index in [2.05, 4.69) is 80.2 Å². The number of likely N-dealkylation sites (N-methyl/N-ethyl adjacent to an activating group) is 1. The Morgan fingerprint density at radius 2 is 0.915 bits per heavy atom. The van der Waals surface area contributed by atoms with Gasteiger partial charge in [0.05, 0.1) is 57.8 Å². The average Bonchev–Trinajstić information content (AvgIpc) is 3.49. The molecule has 82 heavy (non-hydrogen) atoms. The van der Waals surface area contributed by atoms with Gasteiger partial charge >= 0.3 is 18.3 Å². The van der Waals surface area contributed by atoms with E-state index in [1.165, 1.54) is 0 Å². The van der Waals surface area contributed by atoms with E-state index in [-0.39, 0.29) is 100 Å². The van der Waals surface area contributed by atoms with Crippen LogP contribution in [-0.4, -0.2) is 174 Å². The smallest absolute Gasteiger partial charge is 0.407 e. The number of hydrogen-bond donors (Lipinski definition) is 11. The van der Waals surface area contributed by atoms with Crippen molar-refractivity contribution in [3.63, 3.8) is 0 Å². The third kappa shape index (κ3) is 37.2. The first kappa shape index (κ1) is 73.1. The molecule has 3 saturated heterocycles. The van der Waals surface area contributed by atoms with Gasteiger partial charge in [0, 0.05) is 57.4 Å². The number of carbonyl (C=O) groups excluding carboxylic acids is 6. The molecule has 0 aromatic heterocycles. The summed E-state index contributed by atoms with van der Waals surface area (Å²) in [5.74, 6) is -0.616. The largest absolute Gasteiger partial charge is 0.445 e. The number of carbonyl (C=O) groups is 6. The van der Waals surface area contributed by atoms with Gasteiger partial charge in [0.2, 0.25) is 0 Å². The zero-order valence-corrected chi connectivity index (χ0v) is 50.6. The first-order valence-electron chi connectivity index (χ1n) is 29.1. The molecular weight excluding hydrogens is 1070 g/mol. The number of alkyl carbamates (subject to hydrolysis) is 3. The fourth-order valence-electron chi connectivity index (χ4n) is 7.71. The van der Waals surface area contributed by atoms with Gasteiger partial charge in [-0.1, -0.05) is 70.4 Å². The SMILES string of the molecule is CCCCON[C@@H]1CC[C@@H](C(=O)NOCCNC(=O)OC(C)(C)C)N(C)C1.CCCCON[C@@H]1CC[C@@H](C(=O)NOCCNC(=O)OC(C)(C)C)NC1.CCCCON[C@@H]1CC[C@@H](C(=O)NOCCNC(=O)OCc2ccccc2)NC1. The summed E-state index contributed by atoms with van der Waals surface area (Å²) in [5.41, 5.74) is 16.2. The summed E-state index contributed by atoms with van der Waals surface area (Å²) in [7, 11) is 1.91. The first-order valence-corrected chi connectivity index (χ1v) is 29.1. The third-order valence-electron chi connectivity index (χ3n) is 12.1. The van der Waals surface area contributed by atoms with Crippen LogP contribution in [0.25, 0.3) is 0 Å². The maximum absolute atomic E-state index is 12.3. The maximum atomic E-state index is 12.3. The van der Waals surface area contributed by atoms with Crippen molar-refractivity contribution >= 4 is 36.0 Å². The number of hydroxylamine groups is 6. The normalized spacial score (nSPS) is 20.0. The lowest BCUT2D eigenvalue weighted by molar-refractivity contribution is -0.140. The van der Waals surface area contributed by atoms with Gasteiger partial charge in [0.1, 0.15) is 17.8 Å². The van der Waals surface area contributed by atoms with Crippen LogP contribution in [0.5, 0.6) is 0 Å². The van der Waals surface area contributed by atoms with Gasteiger partial charge < -0.3 is 55.3 Å². The Kier molecular flexibility index (Phi) is 38.8. The van der Waals surface area contributed by atoms with E-state index in [0.717, 1.165) is 76.3 Å². The molecule has 0 saturated carbocycles. The predicted octanol–water partition coefficient (Wildman–Crippen LogP) is 3.75. The van der Waals surface area contributed by atoms with Gasteiger partial charge in [0.15, 0.2) is 0 Å². The topological polar surface area (TPSA) is 321 Å². The number of hydrogen-bond acceptors (Lipinski definition) is 21. The van der Waals surface area contributed by atoms with Crippen LogP contribution in [0.4, 0.5) is 14.4 Å². The molecule has 0 unspecified atom stereocenters. The van der Waals surface area contributed by atoms with E-state index >= 15 is 0 Å². The van der Waals surface area contributed by atoms with E-state index in [0.29, 0.717) is 45.8 Å². The lowest BCUT2D eigenvalue weighted by atomic mass is 9.99. The molecule has 0 radical (unpaired) electrons. The highest BCUT2D eigenvalue weighted by molar-refractivity contribution is 5.81. The Labute approximate surface area is 486 Å². The molecule has 6 atom stereocenters. The summed E-state index contributed by atoms with van der Waals surface area (Å²) in [6.07, 6.45) is 9.46. The predicted molar refractivity (Wildman–Crippen MR) is 306 cm³/mol. The zero-order valence-electron chi connectivity index (χ0n) is 50.6. The van der Waals surface area contributed by atoms with E-state index in [4.69, 9.17) is 43.2 Å². The Hall–Kier alpha value is -5.04. The summed E-state index contributed by atoms with van der Waals surface area (Å²) >= 11 is 0. The van der Waals surface area contributed by atoms with Gasteiger partial charge in [-0.25, -0.2) is 30.8 Å². The minimum atomic E-state index is -0.543. The number of benzene rings is 1. The first-order chi connectivity index (χ1) is 39.2. The summed E-state index contributed by atoms with van der Waals surface area (Å²) in [4.78, 5) is 105. The van der Waals surface area contributed by atoms with Gasteiger partial charge in [-0.3, -0.25) is 33.8 Å². The molecule has 4 rings (SSSR count). The summed E-state index contributed by atoms with van der Waals surface area (Å²) < 4.78 is 15.3. The maximum Gasteiger partial charge on any atom is 0.407 e. The quantitative estimate of drug-likeness (QED) is 0.0278. The van der Waals surface area contributed by atoms with Crippen LogP contribution in [0.15, 0.2) is 30.3 Å². The highest BCUT2D eigenvalue weighted by Gasteiger charge is 2.31. The lowest BCUT2D eigenvalue weighted by Gasteiger charge is -2.36. The number of unbranched alkanes of at least 4 members (excludes halogenated alkanes) is 3. The van der Waals surface area contributed by atoms with Gasteiger partial charge in [-0.15, -0.1) is 0 Å². The van der Waals surface area contributed by atoms with E-state index < -0.39 is 29.5 Å². The molecule has 1 aromatic carbocycles. The highest BCUT2D eigenvalue weighted by atomic mass is 16.7. The van der Waals surface area contributed by atoms with Crippen molar-refractivity contribution in [2.75, 3.05) is 86.0 Å². The van der Waals surface area contributed by atoms with Crippen LogP contribution >= 0.6 is 0 Å². The molecule has 3 aliphatic rings. The van der Waals surface area contributed by atoms with E-state index in [9.17, 15) is 28.8 Å². The lowest BCUT2D eigenvalue weighted by Crippen LogP contribution is -2.54. The van der Waals surface area contributed by atoms with Crippen molar-refractivity contribution in [1.29, 1.82) is 0 Å². The molecular formula is C55H102N12O15. The van der Waals surface area contributed by atoms with Crippen LogP contribution in [0.2, 0.25) is 0 Å². The number of rotatable bonds is 32. The number of nitrogens with zero attached hydrogens (tertiary/aromatic N) is 1. The van der Waals surface area contributed by atoms with Crippen LogP contribution in [-0.2, 0) is 64.2 Å². The average molecular weight is 1170 g/mol. The Morgan fingerprint density at radius 1 is 0.512 bits per heavy atom. The van der Waals surface area contributed by atoms with Gasteiger partial charge in [-0.05, 0) is 112 Å². The molecule has 11 N–H and O–H groups in total. The molecule has 472 valence electrons. The highest BCUT2D eigenvalue weighted by Crippen LogP contribution is 2.17. The molecule has 27 nitrogen and oxygen atoms in total. The van der Waals surface area contributed by atoms with Crippen molar-refractivity contribution in [2.45, 2.75) is 193 Å². The number of likely N-dealkylation sites (tertiary alicyclic amines) is 1. The van der Waals surface area contributed by atoms with Gasteiger partial charge in [-0.2, -0.15) is 16.4 Å². The molecule has 3 aliphatic heterocycles. The third-order valence-corrected chi connectivity index (χ3v) is 12.1. The van der Waals surface area contributed by atoms with Gasteiger partial charge in [0.25, 0.3) is 17.7 Å². The van der Waals surface area contributed by atoms with E-state index in [1.807, 2.05) is 42.3 Å². The molecule has 1 aromatic rings. The van der Waals surface area contributed by atoms with E-state index in [1.54, 1.807) is 41.5 Å². The van der Waals surface area contributed by atoms with Crippen molar-refractivity contribution in [3.8, 4) is 0 Å². The number of piperidine rings is 3. The van der Waals surface area contributed by atoms with Crippen molar-refractivity contribution in [1.82, 2.24) is 64.4 Å². The second-order valence-electron chi connectivity index (χ2n) is 21.9. The Bertz CT molecular complexity index is 1890. The standard InChI is InChI=1S/C20H32N4O5.C18H36N4O5.C17H34N4O5/c1-2-3-12-28-23-17-9-10-18(22-14-17)19(25)24-29-13-11-21-20(26)27-15-16-7-5-4-6-8-16;1-6-7-11-25-20-14-8-9-15(22(5)13-14)16(23)21-26-12-10-19-17(24)27-18(2,3)4;1-5-6-10-24-20-13-7-8-14(19-12-13)15(22)21-25-11-9-18-16(23)26-17(2,3)4/h4-8,17-18,22-23H,2-3,9-15H2,1H3,(H,21,26)(H,24,25);14-15,20H,6-13H2,1-5H3,(H,19,24)(H,21,23);13-14,19-20H,5-12H2,1-4H3,(H,18,23)(H,21,22)/t17-,18+;14-,15+;13-,14+/m111/s1. The van der Waals surface area contributed by atoms with Crippen LogP contribution in [0.3, 0.4) is 0 Å². The van der Waals surface area contributed by atoms with Crippen molar-refractivity contribution in [2.24, 2.45) is 0 Å². The van der Waals surface area contributed by atoms with Crippen molar-refractivity contribution < 1.29 is 72.0 Å². The van der Waals surface area contributed by atoms with Crippen molar-refractivity contribution in [3.05, 3.63) is 35.9 Å². The fourth-order valence-corrected chi connectivity index (χ4v) is 7.71. The number of amides is 6. The fraction of sp³-hybridized carbons (Fsp3) is 0.782. The molecule has 0 spiro atoms. The molecule has 0 bridgehead atoms. The minimum absolute atomic E-state index is 0.147.